The molecule has 1 aromatic heterocycles. The molecule has 0 aliphatic carbocycles. The van der Waals surface area contributed by atoms with Gasteiger partial charge in [-0.05, 0) is 48.9 Å². The van der Waals surface area contributed by atoms with Crippen LogP contribution in [0.1, 0.15) is 16.1 Å². The van der Waals surface area contributed by atoms with Crippen LogP contribution in [0.4, 0.5) is 17.3 Å². The molecule has 0 spiro atoms. The van der Waals surface area contributed by atoms with Gasteiger partial charge >= 0.3 is 0 Å². The average Bonchev–Trinajstić information content (AvgIpc) is 2.58. The lowest BCUT2D eigenvalue weighted by Gasteiger charge is -2.08. The number of nitrogens with one attached hydrogen (secondary N) is 2. The predicted molar refractivity (Wildman–Crippen MR) is 101 cm³/mol. The van der Waals surface area contributed by atoms with Crippen molar-refractivity contribution in [1.29, 1.82) is 0 Å². The lowest BCUT2D eigenvalue weighted by Crippen LogP contribution is -2.14. The Kier molecular flexibility index (Phi) is 5.16. The van der Waals surface area contributed by atoms with Crippen molar-refractivity contribution in [2.75, 3.05) is 10.6 Å². The van der Waals surface area contributed by atoms with Crippen LogP contribution >= 0.6 is 23.2 Å². The molecule has 0 bridgehead atoms. The zero-order chi connectivity index (χ0) is 17.8. The van der Waals surface area contributed by atoms with E-state index in [1.54, 1.807) is 24.3 Å². The fraction of sp³-hybridized carbons (Fsp3) is 0.0556. The van der Waals surface area contributed by atoms with Crippen molar-refractivity contribution in [1.82, 2.24) is 9.97 Å². The van der Waals surface area contributed by atoms with Gasteiger partial charge in [-0.3, -0.25) is 4.79 Å². The van der Waals surface area contributed by atoms with Gasteiger partial charge in [0.05, 0.1) is 10.0 Å². The smallest absolute Gasteiger partial charge is 0.274 e. The van der Waals surface area contributed by atoms with Gasteiger partial charge in [-0.2, -0.15) is 0 Å². The minimum Gasteiger partial charge on any atom is -0.324 e. The summed E-state index contributed by atoms with van der Waals surface area (Å²) in [7, 11) is 0. The van der Waals surface area contributed by atoms with Gasteiger partial charge in [0.2, 0.25) is 5.95 Å². The highest BCUT2D eigenvalue weighted by atomic mass is 35.5. The molecule has 0 radical (unpaired) electrons. The largest absolute Gasteiger partial charge is 0.324 e. The van der Waals surface area contributed by atoms with Crippen molar-refractivity contribution in [2.45, 2.75) is 6.92 Å². The molecule has 0 saturated heterocycles. The highest BCUT2D eigenvalue weighted by Gasteiger charge is 2.10. The SMILES string of the molecule is Cc1cccc(NC(=O)c2ccnc(Nc3ccc(Cl)c(Cl)c3)n2)c1. The van der Waals surface area contributed by atoms with E-state index in [4.69, 9.17) is 23.2 Å². The summed E-state index contributed by atoms with van der Waals surface area (Å²) in [6.07, 6.45) is 1.51. The van der Waals surface area contributed by atoms with Crippen molar-refractivity contribution in [3.63, 3.8) is 0 Å². The molecule has 126 valence electrons. The third-order valence-corrected chi connectivity index (χ3v) is 4.08. The monoisotopic (exact) mass is 372 g/mol. The Morgan fingerprint density at radius 2 is 1.84 bits per heavy atom. The maximum atomic E-state index is 12.4. The van der Waals surface area contributed by atoms with Crippen LogP contribution in [0.25, 0.3) is 0 Å². The van der Waals surface area contributed by atoms with Gasteiger partial charge in [0.25, 0.3) is 5.91 Å². The van der Waals surface area contributed by atoms with Gasteiger partial charge in [-0.15, -0.1) is 0 Å². The second kappa shape index (κ2) is 7.51. The maximum Gasteiger partial charge on any atom is 0.274 e. The number of carbonyl (C=O) groups excluding carboxylic acids is 1. The number of hydrogen-bond donors (Lipinski definition) is 2. The van der Waals surface area contributed by atoms with Crippen LogP contribution in [0.15, 0.2) is 54.7 Å². The lowest BCUT2D eigenvalue weighted by atomic mass is 10.2. The Morgan fingerprint density at radius 1 is 1.00 bits per heavy atom. The number of halogens is 2. The van der Waals surface area contributed by atoms with Crippen molar-refractivity contribution >= 4 is 46.4 Å². The molecule has 25 heavy (non-hydrogen) atoms. The molecule has 2 aromatic carbocycles. The van der Waals surface area contributed by atoms with Crippen molar-refractivity contribution in [2.24, 2.45) is 0 Å². The van der Waals surface area contributed by atoms with E-state index in [-0.39, 0.29) is 17.5 Å². The quantitative estimate of drug-likeness (QED) is 0.669. The Morgan fingerprint density at radius 3 is 2.60 bits per heavy atom. The molecule has 0 aliphatic heterocycles. The van der Waals surface area contributed by atoms with Crippen LogP contribution in [0.5, 0.6) is 0 Å². The van der Waals surface area contributed by atoms with Crippen molar-refractivity contribution < 1.29 is 4.79 Å². The van der Waals surface area contributed by atoms with E-state index in [1.807, 2.05) is 31.2 Å². The number of nitrogens with zero attached hydrogens (tertiary/aromatic N) is 2. The number of benzene rings is 2. The molecule has 0 saturated carbocycles. The third kappa shape index (κ3) is 4.47. The Hall–Kier alpha value is -2.63. The summed E-state index contributed by atoms with van der Waals surface area (Å²) < 4.78 is 0. The highest BCUT2D eigenvalue weighted by molar-refractivity contribution is 6.42. The lowest BCUT2D eigenvalue weighted by molar-refractivity contribution is 0.102. The molecule has 3 rings (SSSR count). The van der Waals surface area contributed by atoms with E-state index in [0.717, 1.165) is 5.56 Å². The maximum absolute atomic E-state index is 12.4. The van der Waals surface area contributed by atoms with Crippen LogP contribution < -0.4 is 10.6 Å². The number of anilines is 3. The normalized spacial score (nSPS) is 10.4. The first-order chi connectivity index (χ1) is 12.0. The summed E-state index contributed by atoms with van der Waals surface area (Å²) in [6, 6.07) is 14.2. The summed E-state index contributed by atoms with van der Waals surface area (Å²) >= 11 is 11.9. The number of hydrogen-bond acceptors (Lipinski definition) is 4. The Labute approximate surface area is 155 Å². The number of aromatic nitrogens is 2. The van der Waals surface area contributed by atoms with E-state index >= 15 is 0 Å². The molecule has 0 atom stereocenters. The Bertz CT molecular complexity index is 930. The molecule has 0 fully saturated rings. The zero-order valence-electron chi connectivity index (χ0n) is 13.3. The van der Waals surface area contributed by atoms with Gasteiger partial charge in [-0.25, -0.2) is 9.97 Å². The Balaban J connectivity index is 1.76. The summed E-state index contributed by atoms with van der Waals surface area (Å²) in [4.78, 5) is 20.7. The molecule has 3 aromatic rings. The van der Waals surface area contributed by atoms with Crippen LogP contribution in [0.3, 0.4) is 0 Å². The zero-order valence-corrected chi connectivity index (χ0v) is 14.8. The minimum absolute atomic E-state index is 0.249. The summed E-state index contributed by atoms with van der Waals surface area (Å²) in [5, 5.41) is 6.68. The fourth-order valence-electron chi connectivity index (χ4n) is 2.17. The summed E-state index contributed by atoms with van der Waals surface area (Å²) in [5.74, 6) is -0.0273. The van der Waals surface area contributed by atoms with Gasteiger partial charge in [0, 0.05) is 17.6 Å². The van der Waals surface area contributed by atoms with Crippen LogP contribution in [0, 0.1) is 6.92 Å². The molecule has 5 nitrogen and oxygen atoms in total. The van der Waals surface area contributed by atoms with Gasteiger partial charge < -0.3 is 10.6 Å². The van der Waals surface area contributed by atoms with E-state index in [9.17, 15) is 4.79 Å². The van der Waals surface area contributed by atoms with Crippen molar-refractivity contribution in [3.05, 3.63) is 76.0 Å². The van der Waals surface area contributed by atoms with E-state index in [0.29, 0.717) is 21.4 Å². The third-order valence-electron chi connectivity index (χ3n) is 3.34. The fourth-order valence-corrected chi connectivity index (χ4v) is 2.46. The standard InChI is InChI=1S/C18H14Cl2N4O/c1-11-3-2-4-12(9-11)22-17(25)16-7-8-21-18(24-16)23-13-5-6-14(19)15(20)10-13/h2-10H,1H3,(H,22,25)(H,21,23,24). The molecule has 0 unspecified atom stereocenters. The van der Waals surface area contributed by atoms with Gasteiger partial charge in [-0.1, -0.05) is 35.3 Å². The summed E-state index contributed by atoms with van der Waals surface area (Å²) in [6.45, 7) is 1.96. The minimum atomic E-state index is -0.315. The molecule has 2 N–H and O–H groups in total. The molecule has 1 amide bonds. The van der Waals surface area contributed by atoms with Crippen molar-refractivity contribution in [3.8, 4) is 0 Å². The van der Waals surface area contributed by atoms with E-state index in [1.165, 1.54) is 6.20 Å². The van der Waals surface area contributed by atoms with Crippen LogP contribution in [0.2, 0.25) is 10.0 Å². The summed E-state index contributed by atoms with van der Waals surface area (Å²) in [5.41, 5.74) is 2.69. The van der Waals surface area contributed by atoms with Gasteiger partial charge in [0.1, 0.15) is 5.69 Å². The predicted octanol–water partition coefficient (Wildman–Crippen LogP) is 5.09. The molecular weight excluding hydrogens is 359 g/mol. The molecular formula is C18H14Cl2N4O. The number of amides is 1. The molecule has 7 heteroatoms. The first-order valence-corrected chi connectivity index (χ1v) is 8.20. The van der Waals surface area contributed by atoms with E-state index in [2.05, 4.69) is 20.6 Å². The second-order valence-electron chi connectivity index (χ2n) is 5.34. The van der Waals surface area contributed by atoms with E-state index < -0.39 is 0 Å². The number of carbonyl (C=O) groups is 1. The van der Waals surface area contributed by atoms with Crippen LogP contribution in [-0.2, 0) is 0 Å². The molecule has 0 aliphatic rings. The average molecular weight is 373 g/mol. The topological polar surface area (TPSA) is 66.9 Å². The van der Waals surface area contributed by atoms with Gasteiger partial charge in [0.15, 0.2) is 0 Å². The number of aryl methyl sites for hydroxylation is 1. The van der Waals surface area contributed by atoms with Crippen LogP contribution in [-0.4, -0.2) is 15.9 Å². The highest BCUT2D eigenvalue weighted by Crippen LogP contribution is 2.26. The first-order valence-electron chi connectivity index (χ1n) is 7.44. The number of rotatable bonds is 4. The molecule has 1 heterocycles. The first kappa shape index (κ1) is 17.2. The second-order valence-corrected chi connectivity index (χ2v) is 6.16.